The molecule has 0 unspecified atom stereocenters. The average Bonchev–Trinajstić information content (AvgIpc) is 3.03. The molecule has 0 aromatic heterocycles. The summed E-state index contributed by atoms with van der Waals surface area (Å²) < 4.78 is 0. The first-order chi connectivity index (χ1) is 20.9. The van der Waals surface area contributed by atoms with E-state index in [0.29, 0.717) is 0 Å². The minimum Gasteiger partial charge on any atom is -0.0622 e. The largest absolute Gasteiger partial charge is 0.0622 e. The molecule has 0 radical (unpaired) electrons. The van der Waals surface area contributed by atoms with E-state index < -0.39 is 0 Å². The van der Waals surface area contributed by atoms with E-state index >= 15 is 0 Å². The van der Waals surface area contributed by atoms with E-state index in [1.165, 1.54) is 87.2 Å². The van der Waals surface area contributed by atoms with Crippen molar-refractivity contribution >= 4 is 53.9 Å². The summed E-state index contributed by atoms with van der Waals surface area (Å²) in [6.07, 6.45) is 0. The van der Waals surface area contributed by atoms with Crippen LogP contribution in [0.25, 0.3) is 76.1 Å². The molecule has 0 bridgehead atoms. The van der Waals surface area contributed by atoms with Crippen molar-refractivity contribution in [3.8, 4) is 22.3 Å². The summed E-state index contributed by atoms with van der Waals surface area (Å²) in [6.45, 7) is 9.19. The van der Waals surface area contributed by atoms with Crippen LogP contribution in [-0.4, -0.2) is 0 Å². The quantitative estimate of drug-likeness (QED) is 0.148. The second-order valence-electron chi connectivity index (χ2n) is 13.0. The highest BCUT2D eigenvalue weighted by Gasteiger charge is 2.21. The number of aryl methyl sites for hydroxylation is 1. The molecule has 0 saturated carbocycles. The Balaban J connectivity index is 1.55. The lowest BCUT2D eigenvalue weighted by Crippen LogP contribution is -2.10. The van der Waals surface area contributed by atoms with E-state index in [4.69, 9.17) is 0 Å². The van der Waals surface area contributed by atoms with Gasteiger partial charge in [0.25, 0.3) is 0 Å². The van der Waals surface area contributed by atoms with Crippen LogP contribution < -0.4 is 0 Å². The summed E-state index contributed by atoms with van der Waals surface area (Å²) in [7, 11) is 0. The number of benzene rings is 8. The third-order valence-corrected chi connectivity index (χ3v) is 9.39. The molecular weight excluding hydrogens is 516 g/mol. The first kappa shape index (κ1) is 25.7. The number of hydrogen-bond acceptors (Lipinski definition) is 0. The summed E-state index contributed by atoms with van der Waals surface area (Å²) in [5.41, 5.74) is 7.91. The maximum Gasteiger partial charge on any atom is -0.00200 e. The smallest absolute Gasteiger partial charge is 0.00200 e. The standard InChI is InChI=1S/C43H34/c1-27-31-16-9-8-15-29(31)25-39-32(27)23-24-34-33(39)19-12-20-35(34)42-37-18-11-10-17-36(37)41(28-13-6-5-7-14-28)38-22-21-30(26-40(38)42)43(2,3)4/h5-26H,1-4H3. The molecule has 0 aliphatic rings. The van der Waals surface area contributed by atoms with Crippen LogP contribution >= 0.6 is 0 Å². The molecule has 0 heteroatoms. The molecule has 8 aromatic rings. The lowest BCUT2D eigenvalue weighted by Gasteiger charge is -2.23. The molecule has 206 valence electrons. The van der Waals surface area contributed by atoms with Gasteiger partial charge in [0.15, 0.2) is 0 Å². The zero-order chi connectivity index (χ0) is 29.3. The fourth-order valence-corrected chi connectivity index (χ4v) is 7.20. The number of fused-ring (bicyclic) bond motifs is 6. The third kappa shape index (κ3) is 3.97. The van der Waals surface area contributed by atoms with E-state index in [1.54, 1.807) is 0 Å². The van der Waals surface area contributed by atoms with Crippen LogP contribution in [0.5, 0.6) is 0 Å². The first-order valence-electron chi connectivity index (χ1n) is 15.3. The van der Waals surface area contributed by atoms with Crippen molar-refractivity contribution in [2.45, 2.75) is 33.1 Å². The minimum atomic E-state index is 0.0392. The maximum atomic E-state index is 2.46. The molecule has 0 aliphatic carbocycles. The van der Waals surface area contributed by atoms with Crippen LogP contribution in [0, 0.1) is 6.92 Å². The van der Waals surface area contributed by atoms with Gasteiger partial charge in [0, 0.05) is 0 Å². The lowest BCUT2D eigenvalue weighted by atomic mass is 9.80. The molecule has 0 spiro atoms. The van der Waals surface area contributed by atoms with Crippen molar-refractivity contribution in [1.82, 2.24) is 0 Å². The second-order valence-corrected chi connectivity index (χ2v) is 13.0. The van der Waals surface area contributed by atoms with E-state index in [2.05, 4.69) is 161 Å². The van der Waals surface area contributed by atoms with Crippen molar-refractivity contribution in [2.75, 3.05) is 0 Å². The zero-order valence-corrected chi connectivity index (χ0v) is 25.2. The van der Waals surface area contributed by atoms with Gasteiger partial charge in [-0.25, -0.2) is 0 Å². The van der Waals surface area contributed by atoms with E-state index in [9.17, 15) is 0 Å². The number of rotatable bonds is 2. The van der Waals surface area contributed by atoms with Crippen molar-refractivity contribution in [3.63, 3.8) is 0 Å². The normalized spacial score (nSPS) is 12.2. The summed E-state index contributed by atoms with van der Waals surface area (Å²) in [5, 5.41) is 13.1. The van der Waals surface area contributed by atoms with Crippen molar-refractivity contribution in [2.24, 2.45) is 0 Å². The Hall–Kier alpha value is -4.94. The van der Waals surface area contributed by atoms with Gasteiger partial charge in [-0.15, -0.1) is 0 Å². The molecule has 0 nitrogen and oxygen atoms in total. The van der Waals surface area contributed by atoms with Gasteiger partial charge in [0.1, 0.15) is 0 Å². The van der Waals surface area contributed by atoms with Gasteiger partial charge in [-0.05, 0) is 112 Å². The van der Waals surface area contributed by atoms with Crippen LogP contribution in [0.15, 0.2) is 133 Å². The number of hydrogen-bond donors (Lipinski definition) is 0. The first-order valence-corrected chi connectivity index (χ1v) is 15.3. The van der Waals surface area contributed by atoms with Gasteiger partial charge >= 0.3 is 0 Å². The summed E-state index contributed by atoms with van der Waals surface area (Å²) in [4.78, 5) is 0. The van der Waals surface area contributed by atoms with Crippen molar-refractivity contribution in [3.05, 3.63) is 145 Å². The van der Waals surface area contributed by atoms with E-state index in [0.717, 1.165) is 0 Å². The highest BCUT2D eigenvalue weighted by molar-refractivity contribution is 6.25. The molecule has 8 rings (SSSR count). The third-order valence-electron chi connectivity index (χ3n) is 9.39. The Labute approximate surface area is 253 Å². The highest BCUT2D eigenvalue weighted by Crippen LogP contribution is 2.47. The average molecular weight is 551 g/mol. The molecule has 0 N–H and O–H groups in total. The zero-order valence-electron chi connectivity index (χ0n) is 25.2. The molecule has 0 amide bonds. The Morgan fingerprint density at radius 2 is 1.00 bits per heavy atom. The Morgan fingerprint density at radius 1 is 0.395 bits per heavy atom. The van der Waals surface area contributed by atoms with Crippen LogP contribution in [-0.2, 0) is 5.41 Å². The van der Waals surface area contributed by atoms with Gasteiger partial charge in [-0.2, -0.15) is 0 Å². The molecular formula is C43H34. The predicted octanol–water partition coefficient (Wildman–Crippen LogP) is 12.4. The monoisotopic (exact) mass is 550 g/mol. The van der Waals surface area contributed by atoms with Crippen LogP contribution in [0.4, 0.5) is 0 Å². The van der Waals surface area contributed by atoms with Crippen LogP contribution in [0.3, 0.4) is 0 Å². The molecule has 0 saturated heterocycles. The van der Waals surface area contributed by atoms with Gasteiger partial charge in [-0.3, -0.25) is 0 Å². The molecule has 0 aliphatic heterocycles. The molecule has 0 atom stereocenters. The van der Waals surface area contributed by atoms with Gasteiger partial charge in [0.2, 0.25) is 0 Å². The topological polar surface area (TPSA) is 0 Å². The summed E-state index contributed by atoms with van der Waals surface area (Å²) in [6, 6.07) is 49.8. The lowest BCUT2D eigenvalue weighted by molar-refractivity contribution is 0.591. The fourth-order valence-electron chi connectivity index (χ4n) is 7.20. The molecule has 0 fully saturated rings. The summed E-state index contributed by atoms with van der Waals surface area (Å²) >= 11 is 0. The van der Waals surface area contributed by atoms with Crippen molar-refractivity contribution < 1.29 is 0 Å². The Kier molecular flexibility index (Phi) is 5.71. The van der Waals surface area contributed by atoms with E-state index in [1.807, 2.05) is 0 Å². The fraction of sp³-hybridized carbons (Fsp3) is 0.116. The Morgan fingerprint density at radius 3 is 1.77 bits per heavy atom. The van der Waals surface area contributed by atoms with Crippen LogP contribution in [0.2, 0.25) is 0 Å². The van der Waals surface area contributed by atoms with Crippen molar-refractivity contribution in [1.29, 1.82) is 0 Å². The molecule has 0 heterocycles. The summed E-state index contributed by atoms with van der Waals surface area (Å²) in [5.74, 6) is 0. The molecule has 43 heavy (non-hydrogen) atoms. The minimum absolute atomic E-state index is 0.0392. The van der Waals surface area contributed by atoms with Crippen LogP contribution in [0.1, 0.15) is 31.9 Å². The molecule has 8 aromatic carbocycles. The second kappa shape index (κ2) is 9.54. The van der Waals surface area contributed by atoms with Gasteiger partial charge in [0.05, 0.1) is 0 Å². The predicted molar refractivity (Wildman–Crippen MR) is 188 cm³/mol. The van der Waals surface area contributed by atoms with E-state index in [-0.39, 0.29) is 5.41 Å². The van der Waals surface area contributed by atoms with Gasteiger partial charge < -0.3 is 0 Å². The Bertz CT molecular complexity index is 2370. The van der Waals surface area contributed by atoms with Gasteiger partial charge in [-0.1, -0.05) is 142 Å². The highest BCUT2D eigenvalue weighted by atomic mass is 14.2. The SMILES string of the molecule is Cc1c2ccccc2cc2c1ccc1c(-c3c4ccccc4c(-c4ccccc4)c4ccc(C(C)(C)C)cc34)cccc12. The maximum absolute atomic E-state index is 2.46.